The molecule has 2 N–H and O–H groups in total. The number of nitrogens with zero attached hydrogens (tertiary/aromatic N) is 4. The van der Waals surface area contributed by atoms with Gasteiger partial charge in [-0.2, -0.15) is 0 Å². The molecule has 1 fully saturated rings. The van der Waals surface area contributed by atoms with Gasteiger partial charge in [-0.15, -0.1) is 15.0 Å². The number of hydrogen-bond acceptors (Lipinski definition) is 6. The average Bonchev–Trinajstić information content (AvgIpc) is 3.08. The summed E-state index contributed by atoms with van der Waals surface area (Å²) < 4.78 is 5.13. The number of carbonyl (C=O) groups is 1. The second-order valence-electron chi connectivity index (χ2n) is 6.02. The number of methoxy groups -OCH3 is 1. The third-order valence-electron chi connectivity index (χ3n) is 4.46. The number of carboxylic acid groups (broad SMARTS) is 1. The first-order chi connectivity index (χ1) is 12.1. The molecular formula is C17H22N4O4. The molecule has 8 nitrogen and oxygen atoms in total. The molecule has 0 spiro atoms. The van der Waals surface area contributed by atoms with Gasteiger partial charge in [0.25, 0.3) is 0 Å². The van der Waals surface area contributed by atoms with Crippen LogP contribution < -0.4 is 9.64 Å². The molecule has 3 rings (SSSR count). The first kappa shape index (κ1) is 17.2. The summed E-state index contributed by atoms with van der Waals surface area (Å²) in [4.78, 5) is 15.0. The summed E-state index contributed by atoms with van der Waals surface area (Å²) >= 11 is 0. The topological polar surface area (TPSA) is 101 Å². The summed E-state index contributed by atoms with van der Waals surface area (Å²) in [5.74, 6) is -0.0434. The maximum absolute atomic E-state index is 11.7. The molecule has 0 bridgehead atoms. The van der Waals surface area contributed by atoms with E-state index >= 15 is 0 Å². The van der Waals surface area contributed by atoms with E-state index in [0.29, 0.717) is 30.2 Å². The Hall–Kier alpha value is -2.61. The summed E-state index contributed by atoms with van der Waals surface area (Å²) in [6.07, 6.45) is 3.54. The fourth-order valence-electron chi connectivity index (χ4n) is 3.19. The number of aromatic carboxylic acids is 1. The van der Waals surface area contributed by atoms with E-state index in [4.69, 9.17) is 4.74 Å². The van der Waals surface area contributed by atoms with Crippen LogP contribution in [0.2, 0.25) is 0 Å². The number of rotatable bonds is 6. The van der Waals surface area contributed by atoms with E-state index in [2.05, 4.69) is 10.2 Å². The van der Waals surface area contributed by atoms with E-state index in [1.165, 1.54) is 4.80 Å². The molecule has 1 aromatic heterocycles. The molecule has 0 radical (unpaired) electrons. The molecule has 1 unspecified atom stereocenters. The molecule has 2 heterocycles. The van der Waals surface area contributed by atoms with E-state index in [1.54, 1.807) is 31.4 Å². The van der Waals surface area contributed by atoms with Crippen molar-refractivity contribution >= 4 is 11.8 Å². The van der Waals surface area contributed by atoms with Crippen molar-refractivity contribution in [1.82, 2.24) is 15.0 Å². The lowest BCUT2D eigenvalue weighted by atomic mass is 9.99. The molecule has 134 valence electrons. The highest BCUT2D eigenvalue weighted by Crippen LogP contribution is 2.28. The van der Waals surface area contributed by atoms with Gasteiger partial charge in [0.15, 0.2) is 5.82 Å². The van der Waals surface area contributed by atoms with Gasteiger partial charge < -0.3 is 19.8 Å². The van der Waals surface area contributed by atoms with Gasteiger partial charge in [-0.3, -0.25) is 0 Å². The standard InChI is InChI=1S/C17H22N4O4/c1-25-14-7-5-13(6-8-14)21-18-15(17(23)24)16(19-21)20-10-3-2-4-12(20)9-11-22/h5-8,12,22H,2-4,9-11H2,1H3,(H,23,24). The van der Waals surface area contributed by atoms with Crippen LogP contribution in [0.5, 0.6) is 5.75 Å². The second kappa shape index (κ2) is 7.52. The summed E-state index contributed by atoms with van der Waals surface area (Å²) in [5, 5.41) is 27.4. The van der Waals surface area contributed by atoms with Crippen molar-refractivity contribution in [3.05, 3.63) is 30.0 Å². The Bertz CT molecular complexity index is 727. The maximum atomic E-state index is 11.7. The highest BCUT2D eigenvalue weighted by atomic mass is 16.5. The minimum absolute atomic E-state index is 0.0657. The molecule has 0 saturated carbocycles. The largest absolute Gasteiger partial charge is 0.497 e. The van der Waals surface area contributed by atoms with Crippen LogP contribution in [0.25, 0.3) is 5.69 Å². The molecule has 2 aromatic rings. The summed E-state index contributed by atoms with van der Waals surface area (Å²) in [5.41, 5.74) is 0.589. The number of aliphatic hydroxyl groups is 1. The van der Waals surface area contributed by atoms with Gasteiger partial charge in [-0.1, -0.05) is 0 Å². The van der Waals surface area contributed by atoms with Crippen molar-refractivity contribution in [2.75, 3.05) is 25.2 Å². The second-order valence-corrected chi connectivity index (χ2v) is 6.02. The lowest BCUT2D eigenvalue weighted by Crippen LogP contribution is -2.41. The van der Waals surface area contributed by atoms with Gasteiger partial charge in [0, 0.05) is 19.2 Å². The monoisotopic (exact) mass is 346 g/mol. The SMILES string of the molecule is COc1ccc(-n2nc(C(=O)O)c(N3CCCCC3CCO)n2)cc1. The van der Waals surface area contributed by atoms with Crippen molar-refractivity contribution in [3.63, 3.8) is 0 Å². The third-order valence-corrected chi connectivity index (χ3v) is 4.46. The predicted molar refractivity (Wildman–Crippen MR) is 91.6 cm³/mol. The number of anilines is 1. The molecule has 0 aliphatic carbocycles. The third kappa shape index (κ3) is 3.58. The van der Waals surface area contributed by atoms with Crippen molar-refractivity contribution < 1.29 is 19.7 Å². The first-order valence-corrected chi connectivity index (χ1v) is 8.36. The zero-order valence-corrected chi connectivity index (χ0v) is 14.1. The number of ether oxygens (including phenoxy) is 1. The number of aliphatic hydroxyl groups excluding tert-OH is 1. The Kier molecular flexibility index (Phi) is 5.18. The van der Waals surface area contributed by atoms with Gasteiger partial charge in [0.1, 0.15) is 5.75 Å². The maximum Gasteiger partial charge on any atom is 0.360 e. The molecule has 25 heavy (non-hydrogen) atoms. The van der Waals surface area contributed by atoms with Crippen molar-refractivity contribution in [2.45, 2.75) is 31.7 Å². The van der Waals surface area contributed by atoms with E-state index < -0.39 is 5.97 Å². The minimum atomic E-state index is -1.11. The molecular weight excluding hydrogens is 324 g/mol. The van der Waals surface area contributed by atoms with Crippen LogP contribution >= 0.6 is 0 Å². The van der Waals surface area contributed by atoms with Gasteiger partial charge in [-0.25, -0.2) is 4.79 Å². The molecule has 1 atom stereocenters. The van der Waals surface area contributed by atoms with Gasteiger partial charge >= 0.3 is 5.97 Å². The lowest BCUT2D eigenvalue weighted by molar-refractivity contribution is 0.0690. The number of hydrogen-bond donors (Lipinski definition) is 2. The van der Waals surface area contributed by atoms with E-state index in [0.717, 1.165) is 19.3 Å². The quantitative estimate of drug-likeness (QED) is 0.821. The number of benzene rings is 1. The number of carboxylic acids is 1. The van der Waals surface area contributed by atoms with Gasteiger partial charge in [0.05, 0.1) is 12.8 Å². The lowest BCUT2D eigenvalue weighted by Gasteiger charge is -2.35. The highest BCUT2D eigenvalue weighted by Gasteiger charge is 2.30. The summed E-state index contributed by atoms with van der Waals surface area (Å²) in [7, 11) is 1.58. The van der Waals surface area contributed by atoms with Crippen LogP contribution in [0.1, 0.15) is 36.2 Å². The van der Waals surface area contributed by atoms with Crippen LogP contribution in [0.4, 0.5) is 5.82 Å². The summed E-state index contributed by atoms with van der Waals surface area (Å²) in [6, 6.07) is 7.17. The van der Waals surface area contributed by atoms with Crippen LogP contribution in [0.15, 0.2) is 24.3 Å². The van der Waals surface area contributed by atoms with Crippen LogP contribution in [0, 0.1) is 0 Å². The molecule has 1 aliphatic rings. The van der Waals surface area contributed by atoms with E-state index in [9.17, 15) is 15.0 Å². The number of piperidine rings is 1. The Morgan fingerprint density at radius 2 is 2.04 bits per heavy atom. The fourth-order valence-corrected chi connectivity index (χ4v) is 3.19. The average molecular weight is 346 g/mol. The van der Waals surface area contributed by atoms with Crippen molar-refractivity contribution in [2.24, 2.45) is 0 Å². The van der Waals surface area contributed by atoms with Crippen molar-refractivity contribution in [3.8, 4) is 11.4 Å². The smallest absolute Gasteiger partial charge is 0.360 e. The Morgan fingerprint density at radius 3 is 2.68 bits per heavy atom. The van der Waals surface area contributed by atoms with E-state index in [1.807, 2.05) is 4.90 Å². The highest BCUT2D eigenvalue weighted by molar-refractivity contribution is 5.91. The Labute approximate surface area is 145 Å². The summed E-state index contributed by atoms with van der Waals surface area (Å²) in [6.45, 7) is 0.780. The first-order valence-electron chi connectivity index (χ1n) is 8.36. The van der Waals surface area contributed by atoms with Crippen LogP contribution in [0.3, 0.4) is 0 Å². The zero-order valence-electron chi connectivity index (χ0n) is 14.1. The van der Waals surface area contributed by atoms with Crippen molar-refractivity contribution in [1.29, 1.82) is 0 Å². The predicted octanol–water partition coefficient (Wildman–Crippen LogP) is 1.72. The molecule has 8 heteroatoms. The normalized spacial score (nSPS) is 17.5. The minimum Gasteiger partial charge on any atom is -0.497 e. The van der Waals surface area contributed by atoms with Crippen LogP contribution in [-0.4, -0.2) is 57.5 Å². The van der Waals surface area contributed by atoms with Crippen LogP contribution in [-0.2, 0) is 0 Å². The molecule has 1 aliphatic heterocycles. The zero-order chi connectivity index (χ0) is 17.8. The van der Waals surface area contributed by atoms with Gasteiger partial charge in [-0.05, 0) is 49.9 Å². The Balaban J connectivity index is 1.97. The van der Waals surface area contributed by atoms with Gasteiger partial charge in [0.2, 0.25) is 5.69 Å². The Morgan fingerprint density at radius 1 is 1.28 bits per heavy atom. The number of aromatic nitrogens is 3. The molecule has 1 saturated heterocycles. The molecule has 0 amide bonds. The van der Waals surface area contributed by atoms with E-state index in [-0.39, 0.29) is 18.3 Å². The fraction of sp³-hybridized carbons (Fsp3) is 0.471. The molecule has 1 aromatic carbocycles.